The summed E-state index contributed by atoms with van der Waals surface area (Å²) in [4.78, 5) is 10.5. The van der Waals surface area contributed by atoms with E-state index in [1.165, 1.54) is 6.07 Å². The molecular weight excluding hydrogens is 310 g/mol. The van der Waals surface area contributed by atoms with Crippen molar-refractivity contribution < 1.29 is 4.92 Å². The van der Waals surface area contributed by atoms with Crippen LogP contribution in [0.15, 0.2) is 46.9 Å². The lowest BCUT2D eigenvalue weighted by molar-refractivity contribution is -0.383. The highest BCUT2D eigenvalue weighted by Crippen LogP contribution is 2.30. The molecule has 98 valence electrons. The van der Waals surface area contributed by atoms with Crippen molar-refractivity contribution in [1.82, 2.24) is 0 Å². The maximum Gasteiger partial charge on any atom is 0.314 e. The number of anilines is 2. The largest absolute Gasteiger partial charge is 0.393 e. The monoisotopic (exact) mass is 321 g/mol. The molecule has 0 atom stereocenters. The first-order chi connectivity index (χ1) is 9.08. The van der Waals surface area contributed by atoms with E-state index in [-0.39, 0.29) is 11.4 Å². The second-order valence-electron chi connectivity index (χ2n) is 3.98. The van der Waals surface area contributed by atoms with Crippen molar-refractivity contribution in [3.8, 4) is 0 Å². The van der Waals surface area contributed by atoms with Crippen LogP contribution in [0, 0.1) is 10.1 Å². The summed E-state index contributed by atoms with van der Waals surface area (Å²) < 4.78 is 0.967. The smallest absolute Gasteiger partial charge is 0.314 e. The summed E-state index contributed by atoms with van der Waals surface area (Å²) in [7, 11) is 0. The van der Waals surface area contributed by atoms with E-state index in [4.69, 9.17) is 5.73 Å². The van der Waals surface area contributed by atoms with Crippen LogP contribution in [0.4, 0.5) is 17.1 Å². The van der Waals surface area contributed by atoms with Gasteiger partial charge in [0.15, 0.2) is 0 Å². The van der Waals surface area contributed by atoms with Gasteiger partial charge in [-0.2, -0.15) is 0 Å². The van der Waals surface area contributed by atoms with Gasteiger partial charge in [-0.1, -0.05) is 34.1 Å². The van der Waals surface area contributed by atoms with Crippen molar-refractivity contribution in [2.24, 2.45) is 0 Å². The first-order valence-corrected chi connectivity index (χ1v) is 6.38. The molecule has 0 aromatic heterocycles. The third-order valence-electron chi connectivity index (χ3n) is 2.62. The van der Waals surface area contributed by atoms with Gasteiger partial charge in [-0.3, -0.25) is 10.1 Å². The Kier molecular flexibility index (Phi) is 4.01. The fourth-order valence-electron chi connectivity index (χ4n) is 1.75. The number of hydrogen-bond acceptors (Lipinski definition) is 4. The lowest BCUT2D eigenvalue weighted by Gasteiger charge is -2.08. The van der Waals surface area contributed by atoms with Gasteiger partial charge in [0, 0.05) is 11.0 Å². The van der Waals surface area contributed by atoms with Crippen LogP contribution in [-0.4, -0.2) is 4.92 Å². The van der Waals surface area contributed by atoms with Crippen LogP contribution < -0.4 is 11.1 Å². The Morgan fingerprint density at radius 2 is 2.00 bits per heavy atom. The minimum Gasteiger partial charge on any atom is -0.393 e. The molecule has 0 radical (unpaired) electrons. The summed E-state index contributed by atoms with van der Waals surface area (Å²) in [6.07, 6.45) is 0. The lowest BCUT2D eigenvalue weighted by atomic mass is 10.2. The Morgan fingerprint density at radius 1 is 1.26 bits per heavy atom. The fraction of sp³-hybridized carbons (Fsp3) is 0.0769. The predicted molar refractivity (Wildman–Crippen MR) is 79.0 cm³/mol. The third kappa shape index (κ3) is 3.23. The first-order valence-electron chi connectivity index (χ1n) is 5.59. The van der Waals surface area contributed by atoms with Gasteiger partial charge in [0.05, 0.1) is 4.92 Å². The maximum absolute atomic E-state index is 11.0. The van der Waals surface area contributed by atoms with Crippen molar-refractivity contribution in [1.29, 1.82) is 0 Å². The van der Waals surface area contributed by atoms with E-state index in [1.54, 1.807) is 12.1 Å². The Balaban J connectivity index is 2.20. The number of halogens is 1. The van der Waals surface area contributed by atoms with Gasteiger partial charge in [0.25, 0.3) is 0 Å². The second-order valence-corrected chi connectivity index (χ2v) is 4.90. The zero-order valence-electron chi connectivity index (χ0n) is 9.97. The quantitative estimate of drug-likeness (QED) is 0.512. The van der Waals surface area contributed by atoms with Crippen LogP contribution in [0.3, 0.4) is 0 Å². The van der Waals surface area contributed by atoms with Gasteiger partial charge in [-0.25, -0.2) is 0 Å². The van der Waals surface area contributed by atoms with E-state index in [0.717, 1.165) is 10.0 Å². The van der Waals surface area contributed by atoms with Gasteiger partial charge in [-0.15, -0.1) is 0 Å². The number of rotatable bonds is 4. The Bertz CT molecular complexity index is 617. The van der Waals surface area contributed by atoms with Crippen LogP contribution >= 0.6 is 15.9 Å². The van der Waals surface area contributed by atoms with Crippen LogP contribution in [0.1, 0.15) is 5.56 Å². The average Bonchev–Trinajstić information content (AvgIpc) is 2.36. The molecule has 3 N–H and O–H groups in total. The van der Waals surface area contributed by atoms with Gasteiger partial charge in [0.1, 0.15) is 11.4 Å². The molecule has 0 spiro atoms. The molecule has 0 amide bonds. The van der Waals surface area contributed by atoms with E-state index in [9.17, 15) is 10.1 Å². The zero-order valence-corrected chi connectivity index (χ0v) is 11.6. The molecular formula is C13H12BrN3O2. The van der Waals surface area contributed by atoms with Gasteiger partial charge >= 0.3 is 5.69 Å². The van der Waals surface area contributed by atoms with Gasteiger partial charge in [-0.05, 0) is 29.8 Å². The van der Waals surface area contributed by atoms with Crippen molar-refractivity contribution >= 4 is 33.0 Å². The van der Waals surface area contributed by atoms with Crippen LogP contribution in [0.5, 0.6) is 0 Å². The minimum atomic E-state index is -0.474. The number of benzene rings is 2. The molecule has 0 unspecified atom stereocenters. The Labute approximate surface area is 118 Å². The molecule has 0 saturated heterocycles. The van der Waals surface area contributed by atoms with Crippen molar-refractivity contribution in [3.63, 3.8) is 0 Å². The number of nitro groups is 1. The van der Waals surface area contributed by atoms with E-state index < -0.39 is 4.92 Å². The molecule has 0 aliphatic heterocycles. The molecule has 5 nitrogen and oxygen atoms in total. The Morgan fingerprint density at radius 3 is 2.68 bits per heavy atom. The highest BCUT2D eigenvalue weighted by atomic mass is 79.9. The van der Waals surface area contributed by atoms with Crippen LogP contribution in [0.25, 0.3) is 0 Å². The molecule has 6 heteroatoms. The van der Waals surface area contributed by atoms with E-state index >= 15 is 0 Å². The summed E-state index contributed by atoms with van der Waals surface area (Å²) in [6, 6.07) is 12.6. The summed E-state index contributed by atoms with van der Waals surface area (Å²) in [5, 5.41) is 14.0. The lowest BCUT2D eigenvalue weighted by Crippen LogP contribution is -2.04. The van der Waals surface area contributed by atoms with Gasteiger partial charge in [0.2, 0.25) is 0 Å². The number of nitrogens with two attached hydrogens (primary N) is 1. The third-order valence-corrected chi connectivity index (χ3v) is 3.12. The molecule has 19 heavy (non-hydrogen) atoms. The second kappa shape index (κ2) is 5.71. The fourth-order valence-corrected chi connectivity index (χ4v) is 2.20. The van der Waals surface area contributed by atoms with E-state index in [1.807, 2.05) is 24.3 Å². The number of nitro benzene ring substituents is 1. The first kappa shape index (κ1) is 13.4. The standard InChI is InChI=1S/C13H12BrN3O2/c14-10-4-1-3-9(7-10)8-16-12-6-2-5-11(15)13(12)17(18)19/h1-7,16H,8,15H2. The normalized spacial score (nSPS) is 10.2. The van der Waals surface area contributed by atoms with Crippen molar-refractivity contribution in [2.75, 3.05) is 11.1 Å². The zero-order chi connectivity index (χ0) is 13.8. The number of nitrogens with one attached hydrogen (secondary N) is 1. The molecule has 0 aliphatic rings. The summed E-state index contributed by atoms with van der Waals surface area (Å²) in [5.41, 5.74) is 7.14. The van der Waals surface area contributed by atoms with Gasteiger partial charge < -0.3 is 11.1 Å². The van der Waals surface area contributed by atoms with E-state index in [0.29, 0.717) is 12.2 Å². The maximum atomic E-state index is 11.0. The number of hydrogen-bond donors (Lipinski definition) is 2. The van der Waals surface area contributed by atoms with Crippen LogP contribution in [-0.2, 0) is 6.54 Å². The number of nitrogen functional groups attached to an aromatic ring is 1. The molecule has 0 fully saturated rings. The molecule has 0 heterocycles. The minimum absolute atomic E-state index is 0.0857. The molecule has 0 bridgehead atoms. The number of nitrogens with zero attached hydrogens (tertiary/aromatic N) is 1. The molecule has 0 aliphatic carbocycles. The SMILES string of the molecule is Nc1cccc(NCc2cccc(Br)c2)c1[N+](=O)[O-]. The average molecular weight is 322 g/mol. The highest BCUT2D eigenvalue weighted by Gasteiger charge is 2.17. The summed E-state index contributed by atoms with van der Waals surface area (Å²) in [5.74, 6) is 0. The topological polar surface area (TPSA) is 81.2 Å². The van der Waals surface area contributed by atoms with E-state index in [2.05, 4.69) is 21.2 Å². The number of para-hydroxylation sites is 1. The molecule has 2 rings (SSSR count). The predicted octanol–water partition coefficient (Wildman–Crippen LogP) is 3.55. The van der Waals surface area contributed by atoms with Crippen LogP contribution in [0.2, 0.25) is 0 Å². The summed E-state index contributed by atoms with van der Waals surface area (Å²) in [6.45, 7) is 0.490. The van der Waals surface area contributed by atoms with Crippen molar-refractivity contribution in [3.05, 3.63) is 62.6 Å². The highest BCUT2D eigenvalue weighted by molar-refractivity contribution is 9.10. The van der Waals surface area contributed by atoms with Crippen molar-refractivity contribution in [2.45, 2.75) is 6.54 Å². The molecule has 0 saturated carbocycles. The summed E-state index contributed by atoms with van der Waals surface area (Å²) >= 11 is 3.38. The molecule has 2 aromatic rings. The Hall–Kier alpha value is -2.08. The molecule has 2 aromatic carbocycles.